The average molecular weight is 347 g/mol. The zero-order valence-electron chi connectivity index (χ0n) is 12.8. The van der Waals surface area contributed by atoms with Crippen molar-refractivity contribution in [3.05, 3.63) is 59.1 Å². The highest BCUT2D eigenvalue weighted by molar-refractivity contribution is 6.30. The Balaban J connectivity index is 1.93. The summed E-state index contributed by atoms with van der Waals surface area (Å²) >= 11 is 5.83. The van der Waals surface area contributed by atoms with Crippen molar-refractivity contribution in [1.29, 1.82) is 0 Å². The van der Waals surface area contributed by atoms with Gasteiger partial charge in [0.2, 0.25) is 11.8 Å². The second kappa shape index (κ2) is 8.12. The van der Waals surface area contributed by atoms with Crippen molar-refractivity contribution in [2.75, 3.05) is 17.7 Å². The summed E-state index contributed by atoms with van der Waals surface area (Å²) in [4.78, 5) is 35.2. The number of carbonyl (C=O) groups is 3. The number of ether oxygens (including phenoxy) is 1. The van der Waals surface area contributed by atoms with Crippen molar-refractivity contribution < 1.29 is 19.1 Å². The Labute approximate surface area is 143 Å². The zero-order chi connectivity index (χ0) is 17.5. The lowest BCUT2D eigenvalue weighted by Crippen LogP contribution is -2.21. The van der Waals surface area contributed by atoms with Crippen LogP contribution in [0.3, 0.4) is 0 Å². The third kappa shape index (κ3) is 5.10. The highest BCUT2D eigenvalue weighted by Crippen LogP contribution is 2.15. The van der Waals surface area contributed by atoms with Gasteiger partial charge in [-0.05, 0) is 36.4 Å². The molecule has 2 aromatic carbocycles. The summed E-state index contributed by atoms with van der Waals surface area (Å²) in [6, 6.07) is 12.9. The molecule has 0 spiro atoms. The molecule has 0 saturated carbocycles. The van der Waals surface area contributed by atoms with Crippen molar-refractivity contribution in [2.45, 2.75) is 6.42 Å². The molecule has 0 aliphatic heterocycles. The largest absolute Gasteiger partial charge is 0.465 e. The second-order valence-electron chi connectivity index (χ2n) is 4.86. The van der Waals surface area contributed by atoms with E-state index in [2.05, 4.69) is 15.4 Å². The lowest BCUT2D eigenvalue weighted by Gasteiger charge is -2.08. The molecule has 0 saturated heterocycles. The Hall–Kier alpha value is -2.86. The lowest BCUT2D eigenvalue weighted by molar-refractivity contribution is -0.123. The van der Waals surface area contributed by atoms with Crippen LogP contribution >= 0.6 is 11.6 Å². The Morgan fingerprint density at radius 3 is 2.12 bits per heavy atom. The molecule has 6 nitrogen and oxygen atoms in total. The number of rotatable bonds is 5. The quantitative estimate of drug-likeness (QED) is 0.643. The van der Waals surface area contributed by atoms with E-state index < -0.39 is 17.8 Å². The summed E-state index contributed by atoms with van der Waals surface area (Å²) in [5.41, 5.74) is 1.21. The van der Waals surface area contributed by atoms with Crippen molar-refractivity contribution in [1.82, 2.24) is 0 Å². The predicted molar refractivity (Wildman–Crippen MR) is 91.1 cm³/mol. The fourth-order valence-corrected chi connectivity index (χ4v) is 2.15. The van der Waals surface area contributed by atoms with E-state index >= 15 is 0 Å². The molecule has 2 aromatic rings. The van der Waals surface area contributed by atoms with E-state index in [1.54, 1.807) is 42.5 Å². The van der Waals surface area contributed by atoms with Gasteiger partial charge in [0.05, 0.1) is 12.7 Å². The van der Waals surface area contributed by atoms with Crippen molar-refractivity contribution in [3.8, 4) is 0 Å². The fraction of sp³-hybridized carbons (Fsp3) is 0.118. The summed E-state index contributed by atoms with van der Waals surface area (Å²) in [5.74, 6) is -1.49. The van der Waals surface area contributed by atoms with Crippen LogP contribution < -0.4 is 10.6 Å². The molecule has 24 heavy (non-hydrogen) atoms. The van der Waals surface area contributed by atoms with Crippen LogP contribution in [-0.4, -0.2) is 24.9 Å². The highest BCUT2D eigenvalue weighted by Gasteiger charge is 2.12. The number of esters is 1. The molecule has 0 unspecified atom stereocenters. The molecule has 2 N–H and O–H groups in total. The average Bonchev–Trinajstić information content (AvgIpc) is 2.54. The third-order valence-electron chi connectivity index (χ3n) is 3.00. The molecular weight excluding hydrogens is 332 g/mol. The molecule has 2 rings (SSSR count). The molecule has 0 aromatic heterocycles. The zero-order valence-corrected chi connectivity index (χ0v) is 13.6. The summed E-state index contributed by atoms with van der Waals surface area (Å²) in [5, 5.41) is 5.62. The van der Waals surface area contributed by atoms with Gasteiger partial charge >= 0.3 is 5.97 Å². The molecule has 0 aliphatic carbocycles. The maximum atomic E-state index is 11.9. The number of benzene rings is 2. The number of hydrogen-bond donors (Lipinski definition) is 2. The highest BCUT2D eigenvalue weighted by atomic mass is 35.5. The summed E-state index contributed by atoms with van der Waals surface area (Å²) in [6.45, 7) is 0. The second-order valence-corrected chi connectivity index (χ2v) is 5.29. The first-order valence-corrected chi connectivity index (χ1v) is 7.39. The van der Waals surface area contributed by atoms with Crippen LogP contribution in [0.2, 0.25) is 5.02 Å². The van der Waals surface area contributed by atoms with E-state index in [4.69, 9.17) is 11.6 Å². The first-order valence-electron chi connectivity index (χ1n) is 7.01. The standard InChI is InChI=1S/C17H15ClN2O4/c1-24-17(23)11-4-2-6-13(8-11)19-15(21)10-16(22)20-14-7-3-5-12(18)9-14/h2-9H,10H2,1H3,(H,19,21)(H,20,22). The molecule has 0 bridgehead atoms. The molecule has 0 fully saturated rings. The molecule has 0 atom stereocenters. The minimum Gasteiger partial charge on any atom is -0.465 e. The van der Waals surface area contributed by atoms with Gasteiger partial charge in [0.15, 0.2) is 0 Å². The van der Waals surface area contributed by atoms with Crippen LogP contribution in [0.25, 0.3) is 0 Å². The number of hydrogen-bond acceptors (Lipinski definition) is 4. The van der Waals surface area contributed by atoms with Crippen LogP contribution in [0.5, 0.6) is 0 Å². The number of carbonyl (C=O) groups excluding carboxylic acids is 3. The van der Waals surface area contributed by atoms with Gasteiger partial charge in [-0.2, -0.15) is 0 Å². The minimum atomic E-state index is -0.509. The van der Waals surface area contributed by atoms with Crippen LogP contribution in [0.1, 0.15) is 16.8 Å². The van der Waals surface area contributed by atoms with Gasteiger partial charge < -0.3 is 15.4 Å². The predicted octanol–water partition coefficient (Wildman–Crippen LogP) is 3.09. The van der Waals surface area contributed by atoms with Gasteiger partial charge in [-0.3, -0.25) is 9.59 Å². The van der Waals surface area contributed by atoms with Gasteiger partial charge in [0.1, 0.15) is 6.42 Å². The Kier molecular flexibility index (Phi) is 5.92. The number of halogens is 1. The van der Waals surface area contributed by atoms with Gasteiger partial charge in [0, 0.05) is 16.4 Å². The summed E-state index contributed by atoms with van der Waals surface area (Å²) in [6.07, 6.45) is -0.366. The smallest absolute Gasteiger partial charge is 0.337 e. The number of amides is 2. The summed E-state index contributed by atoms with van der Waals surface area (Å²) < 4.78 is 4.61. The molecule has 7 heteroatoms. The van der Waals surface area contributed by atoms with E-state index in [1.165, 1.54) is 13.2 Å². The van der Waals surface area contributed by atoms with Crippen LogP contribution in [0.15, 0.2) is 48.5 Å². The number of nitrogens with one attached hydrogen (secondary N) is 2. The number of anilines is 2. The van der Waals surface area contributed by atoms with Gasteiger partial charge in [0.25, 0.3) is 0 Å². The Morgan fingerprint density at radius 2 is 1.54 bits per heavy atom. The van der Waals surface area contributed by atoms with Gasteiger partial charge in [-0.1, -0.05) is 23.7 Å². The van der Waals surface area contributed by atoms with Crippen molar-refractivity contribution in [3.63, 3.8) is 0 Å². The first-order chi connectivity index (χ1) is 11.5. The van der Waals surface area contributed by atoms with Gasteiger partial charge in [-0.25, -0.2) is 4.79 Å². The van der Waals surface area contributed by atoms with E-state index in [0.29, 0.717) is 22.0 Å². The monoisotopic (exact) mass is 346 g/mol. The van der Waals surface area contributed by atoms with Crippen molar-refractivity contribution in [2.24, 2.45) is 0 Å². The number of methoxy groups -OCH3 is 1. The molecule has 0 heterocycles. The minimum absolute atomic E-state index is 0.304. The lowest BCUT2D eigenvalue weighted by atomic mass is 10.2. The molecule has 0 aliphatic rings. The van der Waals surface area contributed by atoms with E-state index in [0.717, 1.165) is 0 Å². The topological polar surface area (TPSA) is 84.5 Å². The maximum absolute atomic E-state index is 11.9. The van der Waals surface area contributed by atoms with Crippen LogP contribution in [0, 0.1) is 0 Å². The first kappa shape index (κ1) is 17.5. The SMILES string of the molecule is COC(=O)c1cccc(NC(=O)CC(=O)Nc2cccc(Cl)c2)c1. The molecule has 124 valence electrons. The molecular formula is C17H15ClN2O4. The van der Waals surface area contributed by atoms with Gasteiger partial charge in [-0.15, -0.1) is 0 Å². The van der Waals surface area contributed by atoms with Crippen LogP contribution in [-0.2, 0) is 14.3 Å². The molecule has 0 radical (unpaired) electrons. The van der Waals surface area contributed by atoms with E-state index in [9.17, 15) is 14.4 Å². The van der Waals surface area contributed by atoms with Crippen LogP contribution in [0.4, 0.5) is 11.4 Å². The maximum Gasteiger partial charge on any atom is 0.337 e. The van der Waals surface area contributed by atoms with E-state index in [1.807, 2.05) is 0 Å². The third-order valence-corrected chi connectivity index (χ3v) is 3.23. The fourth-order valence-electron chi connectivity index (χ4n) is 1.96. The Bertz CT molecular complexity index is 777. The van der Waals surface area contributed by atoms with Crippen molar-refractivity contribution >= 4 is 40.8 Å². The normalized spacial score (nSPS) is 9.92. The Morgan fingerprint density at radius 1 is 0.958 bits per heavy atom. The van der Waals surface area contributed by atoms with E-state index in [-0.39, 0.29) is 6.42 Å². The molecule has 2 amide bonds. The summed E-state index contributed by atoms with van der Waals surface area (Å²) in [7, 11) is 1.27.